The summed E-state index contributed by atoms with van der Waals surface area (Å²) >= 11 is 0. The number of carbonyl (C=O) groups excluding carboxylic acids is 1. The zero-order valence-corrected chi connectivity index (χ0v) is 7.60. The Balaban J connectivity index is 2.38. The van der Waals surface area contributed by atoms with Crippen LogP contribution in [0.1, 0.15) is 10.5 Å². The van der Waals surface area contributed by atoms with E-state index < -0.39 is 0 Å². The number of fused-ring (bicyclic) bond motifs is 1. The SMILES string of the molecule is CN1C(=O)c2cccn2C[C@@H]1CN. The number of aromatic nitrogens is 1. The van der Waals surface area contributed by atoms with Crippen molar-refractivity contribution in [2.45, 2.75) is 12.6 Å². The maximum Gasteiger partial charge on any atom is 0.270 e. The van der Waals surface area contributed by atoms with Crippen molar-refractivity contribution in [3.63, 3.8) is 0 Å². The summed E-state index contributed by atoms with van der Waals surface area (Å²) in [5, 5.41) is 0. The third-order valence-electron chi connectivity index (χ3n) is 2.60. The zero-order chi connectivity index (χ0) is 9.42. The number of carbonyl (C=O) groups is 1. The van der Waals surface area contributed by atoms with Crippen LogP contribution in [0.25, 0.3) is 0 Å². The van der Waals surface area contributed by atoms with E-state index in [1.54, 1.807) is 11.9 Å². The number of hydrogen-bond donors (Lipinski definition) is 1. The van der Waals surface area contributed by atoms with E-state index in [-0.39, 0.29) is 11.9 Å². The normalized spacial score (nSPS) is 21.8. The average Bonchev–Trinajstić information content (AvgIpc) is 2.59. The van der Waals surface area contributed by atoms with Crippen LogP contribution in [0.2, 0.25) is 0 Å². The highest BCUT2D eigenvalue weighted by molar-refractivity contribution is 5.93. The molecule has 1 amide bonds. The Kier molecular flexibility index (Phi) is 1.84. The molecule has 1 aliphatic heterocycles. The smallest absolute Gasteiger partial charge is 0.270 e. The van der Waals surface area contributed by atoms with Gasteiger partial charge in [0, 0.05) is 26.3 Å². The number of hydrogen-bond acceptors (Lipinski definition) is 2. The van der Waals surface area contributed by atoms with Crippen molar-refractivity contribution >= 4 is 5.91 Å². The summed E-state index contributed by atoms with van der Waals surface area (Å²) in [6.07, 6.45) is 1.92. The van der Waals surface area contributed by atoms with Crippen LogP contribution in [0.15, 0.2) is 18.3 Å². The number of nitrogens with zero attached hydrogens (tertiary/aromatic N) is 2. The highest BCUT2D eigenvalue weighted by Gasteiger charge is 2.27. The van der Waals surface area contributed by atoms with Gasteiger partial charge in [-0.1, -0.05) is 0 Å². The fourth-order valence-corrected chi connectivity index (χ4v) is 1.70. The molecule has 13 heavy (non-hydrogen) atoms. The van der Waals surface area contributed by atoms with Gasteiger partial charge in [-0.05, 0) is 12.1 Å². The lowest BCUT2D eigenvalue weighted by Crippen LogP contribution is -2.48. The van der Waals surface area contributed by atoms with E-state index in [2.05, 4.69) is 0 Å². The third-order valence-corrected chi connectivity index (χ3v) is 2.60. The Morgan fingerprint density at radius 3 is 3.15 bits per heavy atom. The quantitative estimate of drug-likeness (QED) is 0.654. The Morgan fingerprint density at radius 2 is 2.46 bits per heavy atom. The summed E-state index contributed by atoms with van der Waals surface area (Å²) in [6.45, 7) is 1.32. The summed E-state index contributed by atoms with van der Waals surface area (Å²) in [5.41, 5.74) is 6.33. The first-order valence-electron chi connectivity index (χ1n) is 4.36. The van der Waals surface area contributed by atoms with Gasteiger partial charge in [-0.3, -0.25) is 4.79 Å². The van der Waals surface area contributed by atoms with E-state index in [4.69, 9.17) is 5.73 Å². The topological polar surface area (TPSA) is 51.3 Å². The molecule has 0 bridgehead atoms. The van der Waals surface area contributed by atoms with E-state index in [1.165, 1.54) is 0 Å². The monoisotopic (exact) mass is 179 g/mol. The van der Waals surface area contributed by atoms with Crippen LogP contribution in [-0.2, 0) is 6.54 Å². The van der Waals surface area contributed by atoms with Crippen LogP contribution in [-0.4, -0.2) is 35.0 Å². The first-order valence-corrected chi connectivity index (χ1v) is 4.36. The van der Waals surface area contributed by atoms with Crippen LogP contribution in [0, 0.1) is 0 Å². The highest BCUT2D eigenvalue weighted by atomic mass is 16.2. The molecule has 2 rings (SSSR count). The van der Waals surface area contributed by atoms with Gasteiger partial charge in [-0.2, -0.15) is 0 Å². The zero-order valence-electron chi connectivity index (χ0n) is 7.60. The lowest BCUT2D eigenvalue weighted by Gasteiger charge is -2.32. The largest absolute Gasteiger partial charge is 0.341 e. The molecule has 0 saturated carbocycles. The Bertz CT molecular complexity index is 331. The lowest BCUT2D eigenvalue weighted by molar-refractivity contribution is 0.0665. The van der Waals surface area contributed by atoms with Crippen molar-refractivity contribution in [2.24, 2.45) is 5.73 Å². The number of amides is 1. The van der Waals surface area contributed by atoms with Crippen LogP contribution in [0.4, 0.5) is 0 Å². The van der Waals surface area contributed by atoms with Crippen LogP contribution >= 0.6 is 0 Å². The summed E-state index contributed by atoms with van der Waals surface area (Å²) in [5.74, 6) is 0.0618. The van der Waals surface area contributed by atoms with Gasteiger partial charge in [-0.25, -0.2) is 0 Å². The molecule has 1 aromatic rings. The molecule has 4 heteroatoms. The molecule has 0 unspecified atom stereocenters. The molecule has 70 valence electrons. The minimum atomic E-state index is 0.0618. The minimum absolute atomic E-state index is 0.0618. The van der Waals surface area contributed by atoms with Gasteiger partial charge in [-0.15, -0.1) is 0 Å². The number of likely N-dealkylation sites (N-methyl/N-ethyl adjacent to an activating group) is 1. The first kappa shape index (κ1) is 8.31. The molecular weight excluding hydrogens is 166 g/mol. The molecule has 4 nitrogen and oxygen atoms in total. The number of rotatable bonds is 1. The molecule has 2 heterocycles. The van der Waals surface area contributed by atoms with Gasteiger partial charge >= 0.3 is 0 Å². The van der Waals surface area contributed by atoms with Gasteiger partial charge < -0.3 is 15.2 Å². The molecule has 0 aromatic carbocycles. The summed E-state index contributed by atoms with van der Waals surface area (Å²) < 4.78 is 1.96. The Labute approximate surface area is 76.9 Å². The lowest BCUT2D eigenvalue weighted by atomic mass is 10.2. The van der Waals surface area contributed by atoms with Gasteiger partial charge in [0.15, 0.2) is 0 Å². The van der Waals surface area contributed by atoms with Crippen molar-refractivity contribution in [1.29, 1.82) is 0 Å². The predicted octanol–water partition coefficient (Wildman–Crippen LogP) is -0.0990. The van der Waals surface area contributed by atoms with Gasteiger partial charge in [0.25, 0.3) is 5.91 Å². The highest BCUT2D eigenvalue weighted by Crippen LogP contribution is 2.15. The second-order valence-electron chi connectivity index (χ2n) is 3.35. The fourth-order valence-electron chi connectivity index (χ4n) is 1.70. The summed E-state index contributed by atoms with van der Waals surface area (Å²) in [4.78, 5) is 13.4. The first-order chi connectivity index (χ1) is 6.24. The van der Waals surface area contributed by atoms with Crippen LogP contribution in [0.3, 0.4) is 0 Å². The molecule has 1 aliphatic rings. The molecule has 0 fully saturated rings. The van der Waals surface area contributed by atoms with Crippen molar-refractivity contribution < 1.29 is 4.79 Å². The molecule has 1 aromatic heterocycles. The Morgan fingerprint density at radius 1 is 1.69 bits per heavy atom. The van der Waals surface area contributed by atoms with Gasteiger partial charge in [0.1, 0.15) is 5.69 Å². The maximum atomic E-state index is 11.7. The minimum Gasteiger partial charge on any atom is -0.341 e. The van der Waals surface area contributed by atoms with E-state index in [0.29, 0.717) is 6.54 Å². The molecular formula is C9H13N3O. The summed E-state index contributed by atoms with van der Waals surface area (Å²) in [6, 6.07) is 3.86. The fraction of sp³-hybridized carbons (Fsp3) is 0.444. The van der Waals surface area contributed by atoms with E-state index in [9.17, 15) is 4.79 Å². The molecule has 0 saturated heterocycles. The van der Waals surface area contributed by atoms with E-state index in [1.807, 2.05) is 22.9 Å². The second-order valence-corrected chi connectivity index (χ2v) is 3.35. The van der Waals surface area contributed by atoms with Crippen LogP contribution in [0.5, 0.6) is 0 Å². The summed E-state index contributed by atoms with van der Waals surface area (Å²) in [7, 11) is 1.80. The van der Waals surface area contributed by atoms with Crippen molar-refractivity contribution in [3.8, 4) is 0 Å². The molecule has 0 spiro atoms. The molecule has 2 N–H and O–H groups in total. The van der Waals surface area contributed by atoms with Crippen LogP contribution < -0.4 is 5.73 Å². The number of nitrogens with two attached hydrogens (primary N) is 1. The van der Waals surface area contributed by atoms with Gasteiger partial charge in [0.05, 0.1) is 6.04 Å². The standard InChI is InChI=1S/C9H13N3O/c1-11-7(5-10)6-12-4-2-3-8(12)9(11)13/h2-4,7H,5-6,10H2,1H3/t7-/m0/s1. The Hall–Kier alpha value is -1.29. The van der Waals surface area contributed by atoms with Gasteiger partial charge in [0.2, 0.25) is 0 Å². The van der Waals surface area contributed by atoms with Crippen molar-refractivity contribution in [2.75, 3.05) is 13.6 Å². The van der Waals surface area contributed by atoms with Crippen molar-refractivity contribution in [1.82, 2.24) is 9.47 Å². The van der Waals surface area contributed by atoms with E-state index >= 15 is 0 Å². The van der Waals surface area contributed by atoms with E-state index in [0.717, 1.165) is 12.2 Å². The van der Waals surface area contributed by atoms with Crippen molar-refractivity contribution in [3.05, 3.63) is 24.0 Å². The maximum absolute atomic E-state index is 11.7. The second kappa shape index (κ2) is 2.88. The molecule has 0 radical (unpaired) electrons. The average molecular weight is 179 g/mol. The molecule has 1 atom stereocenters. The molecule has 0 aliphatic carbocycles. The predicted molar refractivity (Wildman–Crippen MR) is 49.4 cm³/mol. The third kappa shape index (κ3) is 1.14.